The molecule has 166 valence electrons. The van der Waals surface area contributed by atoms with Gasteiger partial charge in [-0.1, -0.05) is 60.4 Å². The number of nitrogens with zero attached hydrogens (tertiary/aromatic N) is 2. The number of carbonyl (C=O) groups excluding carboxylic acids is 2. The average molecular weight is 469 g/mol. The van der Waals surface area contributed by atoms with E-state index in [1.807, 2.05) is 66.4 Å². The number of thiocarbonyl (C=S) groups is 1. The van der Waals surface area contributed by atoms with Crippen LogP contribution in [0.3, 0.4) is 0 Å². The third kappa shape index (κ3) is 5.14. The topological polar surface area (TPSA) is 59.1 Å². The molecule has 0 aliphatic carbocycles. The molecule has 4 rings (SSSR count). The lowest BCUT2D eigenvalue weighted by Crippen LogP contribution is -2.32. The van der Waals surface area contributed by atoms with Crippen molar-refractivity contribution < 1.29 is 19.1 Å². The Labute approximate surface area is 197 Å². The summed E-state index contributed by atoms with van der Waals surface area (Å²) in [5.41, 5.74) is 1.96. The zero-order valence-electron chi connectivity index (χ0n) is 17.8. The van der Waals surface area contributed by atoms with Gasteiger partial charge in [-0.25, -0.2) is 0 Å². The van der Waals surface area contributed by atoms with Crippen molar-refractivity contribution in [2.45, 2.75) is 26.3 Å². The predicted molar refractivity (Wildman–Crippen MR) is 129 cm³/mol. The Morgan fingerprint density at radius 3 is 2.75 bits per heavy atom. The average Bonchev–Trinajstić information content (AvgIpc) is 3.37. The highest BCUT2D eigenvalue weighted by Crippen LogP contribution is 2.36. The van der Waals surface area contributed by atoms with Crippen LogP contribution in [0, 0.1) is 0 Å². The predicted octanol–water partition coefficient (Wildman–Crippen LogP) is 4.45. The molecule has 32 heavy (non-hydrogen) atoms. The zero-order valence-corrected chi connectivity index (χ0v) is 19.4. The molecule has 0 radical (unpaired) electrons. The highest BCUT2D eigenvalue weighted by molar-refractivity contribution is 8.26. The summed E-state index contributed by atoms with van der Waals surface area (Å²) < 4.78 is 11.2. The lowest BCUT2D eigenvalue weighted by atomic mass is 10.2. The van der Waals surface area contributed by atoms with Crippen molar-refractivity contribution in [2.24, 2.45) is 0 Å². The van der Waals surface area contributed by atoms with Gasteiger partial charge in [-0.05, 0) is 42.7 Å². The molecule has 0 spiro atoms. The van der Waals surface area contributed by atoms with E-state index < -0.39 is 0 Å². The highest BCUT2D eigenvalue weighted by atomic mass is 32.2. The van der Waals surface area contributed by atoms with E-state index in [4.69, 9.17) is 21.7 Å². The number of thioether (sulfide) groups is 1. The summed E-state index contributed by atoms with van der Waals surface area (Å²) in [6.45, 7) is 3.85. The van der Waals surface area contributed by atoms with E-state index in [-0.39, 0.29) is 18.6 Å². The molecule has 0 N–H and O–H groups in total. The summed E-state index contributed by atoms with van der Waals surface area (Å²) in [5, 5.41) is 0. The molecule has 2 aliphatic rings. The minimum absolute atomic E-state index is 0.0812. The second-order valence-corrected chi connectivity index (χ2v) is 9.12. The normalized spacial score (nSPS) is 16.2. The Kier molecular flexibility index (Phi) is 7.12. The minimum Gasteiger partial charge on any atom is -0.454 e. The van der Waals surface area contributed by atoms with Crippen LogP contribution >= 0.6 is 24.0 Å². The molecule has 2 aliphatic heterocycles. The smallest absolute Gasteiger partial charge is 0.266 e. The van der Waals surface area contributed by atoms with Crippen LogP contribution in [-0.2, 0) is 16.1 Å². The second-order valence-electron chi connectivity index (χ2n) is 7.44. The lowest BCUT2D eigenvalue weighted by molar-refractivity contribution is -0.132. The lowest BCUT2D eigenvalue weighted by Gasteiger charge is -2.22. The van der Waals surface area contributed by atoms with E-state index in [1.54, 1.807) is 4.90 Å². The highest BCUT2D eigenvalue weighted by Gasteiger charge is 2.32. The van der Waals surface area contributed by atoms with Crippen LogP contribution < -0.4 is 9.47 Å². The van der Waals surface area contributed by atoms with Gasteiger partial charge in [-0.3, -0.25) is 14.5 Å². The van der Waals surface area contributed by atoms with Crippen LogP contribution in [0.1, 0.15) is 30.9 Å². The summed E-state index contributed by atoms with van der Waals surface area (Å²) in [5.74, 6) is 1.33. The molecular formula is C24H24N2O4S2. The third-order valence-electron chi connectivity index (χ3n) is 5.29. The maximum atomic E-state index is 12.9. The van der Waals surface area contributed by atoms with Gasteiger partial charge < -0.3 is 14.4 Å². The van der Waals surface area contributed by atoms with E-state index in [9.17, 15) is 9.59 Å². The molecule has 1 saturated heterocycles. The van der Waals surface area contributed by atoms with Gasteiger partial charge in [0.2, 0.25) is 12.7 Å². The summed E-state index contributed by atoms with van der Waals surface area (Å²) in [6.07, 6.45) is 2.75. The summed E-state index contributed by atoms with van der Waals surface area (Å²) in [7, 11) is 0. The molecule has 0 bridgehead atoms. The third-order valence-corrected chi connectivity index (χ3v) is 6.67. The summed E-state index contributed by atoms with van der Waals surface area (Å²) in [4.78, 5) is 29.5. The largest absolute Gasteiger partial charge is 0.454 e. The molecule has 8 heteroatoms. The number of hydrogen-bond donors (Lipinski definition) is 0. The molecule has 0 saturated carbocycles. The number of hydrogen-bond acceptors (Lipinski definition) is 6. The molecule has 6 nitrogen and oxygen atoms in total. The van der Waals surface area contributed by atoms with Crippen LogP contribution in [0.25, 0.3) is 6.08 Å². The first-order chi connectivity index (χ1) is 15.5. The Balaban J connectivity index is 1.32. The first-order valence-electron chi connectivity index (χ1n) is 10.5. The van der Waals surface area contributed by atoms with Gasteiger partial charge in [0.15, 0.2) is 11.5 Å². The number of carbonyl (C=O) groups is 2. The molecule has 2 amide bonds. The van der Waals surface area contributed by atoms with Gasteiger partial charge in [0, 0.05) is 26.1 Å². The van der Waals surface area contributed by atoms with Gasteiger partial charge in [0.1, 0.15) is 4.32 Å². The number of amides is 2. The van der Waals surface area contributed by atoms with E-state index >= 15 is 0 Å². The van der Waals surface area contributed by atoms with Crippen molar-refractivity contribution >= 4 is 46.2 Å². The summed E-state index contributed by atoms with van der Waals surface area (Å²) in [6, 6.07) is 15.5. The first kappa shape index (κ1) is 22.4. The van der Waals surface area contributed by atoms with Gasteiger partial charge >= 0.3 is 0 Å². The van der Waals surface area contributed by atoms with Crippen molar-refractivity contribution in [1.29, 1.82) is 0 Å². The van der Waals surface area contributed by atoms with Crippen LogP contribution in [-0.4, -0.2) is 45.8 Å². The standard InChI is InChI=1S/C24H24N2O4S2/c1-2-25(15-17-7-4-3-5-8-17)22(27)9-6-12-26-23(28)21(32-24(26)31)14-18-10-11-19-20(13-18)30-16-29-19/h3-5,7-8,10-11,13-14H,2,6,9,12,15-16H2,1H3. The van der Waals surface area contributed by atoms with Crippen molar-refractivity contribution in [3.63, 3.8) is 0 Å². The number of benzene rings is 2. The maximum absolute atomic E-state index is 12.9. The van der Waals surface area contributed by atoms with Crippen LogP contribution in [0.4, 0.5) is 0 Å². The van der Waals surface area contributed by atoms with E-state index in [1.165, 1.54) is 11.8 Å². The van der Waals surface area contributed by atoms with Crippen LogP contribution in [0.2, 0.25) is 0 Å². The van der Waals surface area contributed by atoms with E-state index in [2.05, 4.69) is 0 Å². The Bertz CT molecular complexity index is 1060. The number of fused-ring (bicyclic) bond motifs is 1. The zero-order chi connectivity index (χ0) is 22.5. The van der Waals surface area contributed by atoms with Gasteiger partial charge in [-0.2, -0.15) is 0 Å². The van der Waals surface area contributed by atoms with Gasteiger partial charge in [0.05, 0.1) is 4.91 Å². The molecule has 2 aromatic carbocycles. The fraction of sp³-hybridized carbons (Fsp3) is 0.292. The molecular weight excluding hydrogens is 444 g/mol. The van der Waals surface area contributed by atoms with Crippen molar-refractivity contribution in [2.75, 3.05) is 19.9 Å². The molecule has 2 heterocycles. The van der Waals surface area contributed by atoms with Crippen molar-refractivity contribution in [3.05, 3.63) is 64.6 Å². The Hall–Kier alpha value is -2.84. The van der Waals surface area contributed by atoms with Crippen molar-refractivity contribution in [3.8, 4) is 11.5 Å². The quantitative estimate of drug-likeness (QED) is 0.422. The SMILES string of the molecule is CCN(Cc1ccccc1)C(=O)CCCN1C(=O)C(=Cc2ccc3c(c2)OCO3)SC1=S. The molecule has 0 atom stereocenters. The Morgan fingerprint density at radius 1 is 1.19 bits per heavy atom. The second kappa shape index (κ2) is 10.2. The van der Waals surface area contributed by atoms with Crippen LogP contribution in [0.5, 0.6) is 11.5 Å². The van der Waals surface area contributed by atoms with E-state index in [0.717, 1.165) is 11.1 Å². The number of rotatable bonds is 8. The van der Waals surface area contributed by atoms with Gasteiger partial charge in [0.25, 0.3) is 5.91 Å². The monoisotopic (exact) mass is 468 g/mol. The molecule has 0 aromatic heterocycles. The Morgan fingerprint density at radius 2 is 1.97 bits per heavy atom. The fourth-order valence-electron chi connectivity index (χ4n) is 3.57. The van der Waals surface area contributed by atoms with Crippen molar-refractivity contribution in [1.82, 2.24) is 9.80 Å². The molecule has 0 unspecified atom stereocenters. The molecule has 1 fully saturated rings. The fourth-order valence-corrected chi connectivity index (χ4v) is 4.88. The molecule has 2 aromatic rings. The first-order valence-corrected chi connectivity index (χ1v) is 11.7. The number of ether oxygens (including phenoxy) is 2. The maximum Gasteiger partial charge on any atom is 0.266 e. The minimum atomic E-state index is -0.123. The van der Waals surface area contributed by atoms with E-state index in [0.29, 0.717) is 53.2 Å². The van der Waals surface area contributed by atoms with Crippen LogP contribution in [0.15, 0.2) is 53.4 Å². The van der Waals surface area contributed by atoms with Gasteiger partial charge in [-0.15, -0.1) is 0 Å². The summed E-state index contributed by atoms with van der Waals surface area (Å²) >= 11 is 6.70.